The lowest BCUT2D eigenvalue weighted by Crippen LogP contribution is -2.39. The van der Waals surface area contributed by atoms with Crippen molar-refractivity contribution in [2.75, 3.05) is 19.6 Å². The van der Waals surface area contributed by atoms with Crippen LogP contribution in [0, 0.1) is 0 Å². The van der Waals surface area contributed by atoms with Gasteiger partial charge >= 0.3 is 0 Å². The molecule has 1 aromatic heterocycles. The van der Waals surface area contributed by atoms with Gasteiger partial charge in [0.2, 0.25) is 0 Å². The molecule has 0 fully saturated rings. The Morgan fingerprint density at radius 2 is 1.88 bits per heavy atom. The number of pyridine rings is 1. The lowest BCUT2D eigenvalue weighted by atomic mass is 9.95. The van der Waals surface area contributed by atoms with Crippen molar-refractivity contribution >= 4 is 5.91 Å². The average molecular weight is 339 g/mol. The van der Waals surface area contributed by atoms with E-state index in [1.54, 1.807) is 11.0 Å². The number of hydrogen-bond donors (Lipinski definition) is 2. The molecule has 5 nitrogen and oxygen atoms in total. The van der Waals surface area contributed by atoms with Crippen molar-refractivity contribution < 1.29 is 4.79 Å². The van der Waals surface area contributed by atoms with Gasteiger partial charge in [-0.25, -0.2) is 0 Å². The number of nitrogens with zero attached hydrogens (tertiary/aromatic N) is 1. The Morgan fingerprint density at radius 3 is 2.64 bits per heavy atom. The van der Waals surface area contributed by atoms with Crippen LogP contribution in [0.2, 0.25) is 0 Å². The maximum atomic E-state index is 12.9. The fraction of sp³-hybridized carbons (Fsp3) is 0.400. The lowest BCUT2D eigenvalue weighted by Gasteiger charge is -2.23. The van der Waals surface area contributed by atoms with Gasteiger partial charge in [0.25, 0.3) is 11.5 Å². The third kappa shape index (κ3) is 4.17. The van der Waals surface area contributed by atoms with Crippen molar-refractivity contribution in [3.8, 4) is 0 Å². The Hall–Kier alpha value is -2.40. The number of nitrogens with one attached hydrogen (secondary N) is 1. The minimum absolute atomic E-state index is 0.226. The molecule has 0 atom stereocenters. The standard InChI is InChI=1S/C20H25N3O2/c21-11-13-23(12-10-15-6-2-1-3-7-15)20(25)17-14-16-8-4-5-9-18(16)22-19(17)24/h1-3,6-7,14H,4-5,8-13,21H2,(H,22,24). The Bertz CT molecular complexity index is 783. The summed E-state index contributed by atoms with van der Waals surface area (Å²) in [7, 11) is 0. The van der Waals surface area contributed by atoms with Crippen molar-refractivity contribution in [1.29, 1.82) is 0 Å². The molecule has 1 aliphatic rings. The molecule has 0 aliphatic heterocycles. The van der Waals surface area contributed by atoms with Gasteiger partial charge in [-0.15, -0.1) is 0 Å². The van der Waals surface area contributed by atoms with Crippen molar-refractivity contribution in [3.05, 3.63) is 69.1 Å². The predicted molar refractivity (Wildman–Crippen MR) is 98.8 cm³/mol. The van der Waals surface area contributed by atoms with E-state index in [-0.39, 0.29) is 17.0 Å². The third-order valence-corrected chi connectivity index (χ3v) is 4.77. The molecule has 2 aromatic rings. The zero-order valence-corrected chi connectivity index (χ0v) is 14.5. The number of carbonyl (C=O) groups excluding carboxylic acids is 1. The van der Waals surface area contributed by atoms with Crippen molar-refractivity contribution in [2.24, 2.45) is 5.73 Å². The molecule has 0 spiro atoms. The molecule has 0 bridgehead atoms. The highest BCUT2D eigenvalue weighted by molar-refractivity contribution is 5.94. The first-order valence-electron chi connectivity index (χ1n) is 8.97. The number of aromatic nitrogens is 1. The van der Waals surface area contributed by atoms with Crippen molar-refractivity contribution in [3.63, 3.8) is 0 Å². The topological polar surface area (TPSA) is 79.2 Å². The quantitative estimate of drug-likeness (QED) is 0.843. The van der Waals surface area contributed by atoms with Gasteiger partial charge in [0.05, 0.1) is 0 Å². The fourth-order valence-electron chi connectivity index (χ4n) is 3.38. The monoisotopic (exact) mass is 339 g/mol. The van der Waals surface area contributed by atoms with E-state index in [4.69, 9.17) is 5.73 Å². The van der Waals surface area contributed by atoms with Gasteiger partial charge in [-0.1, -0.05) is 30.3 Å². The van der Waals surface area contributed by atoms with Crippen LogP contribution in [0.1, 0.15) is 40.0 Å². The molecule has 25 heavy (non-hydrogen) atoms. The van der Waals surface area contributed by atoms with Crippen molar-refractivity contribution in [2.45, 2.75) is 32.1 Å². The summed E-state index contributed by atoms with van der Waals surface area (Å²) < 4.78 is 0. The summed E-state index contributed by atoms with van der Waals surface area (Å²) in [5, 5.41) is 0. The van der Waals surface area contributed by atoms with Gasteiger partial charge in [0.15, 0.2) is 0 Å². The predicted octanol–water partition coefficient (Wildman–Crippen LogP) is 1.90. The number of fused-ring (bicyclic) bond motifs is 1. The van der Waals surface area contributed by atoms with Gasteiger partial charge in [0.1, 0.15) is 5.56 Å². The average Bonchev–Trinajstić information content (AvgIpc) is 2.65. The number of nitrogens with two attached hydrogens (primary N) is 1. The largest absolute Gasteiger partial charge is 0.337 e. The molecule has 0 saturated carbocycles. The number of aromatic amines is 1. The maximum Gasteiger partial charge on any atom is 0.261 e. The Morgan fingerprint density at radius 1 is 1.12 bits per heavy atom. The second kappa shape index (κ2) is 8.12. The number of carbonyl (C=O) groups is 1. The zero-order chi connectivity index (χ0) is 17.6. The van der Waals surface area contributed by atoms with E-state index in [0.29, 0.717) is 19.6 Å². The molecular weight excluding hydrogens is 314 g/mol. The summed E-state index contributed by atoms with van der Waals surface area (Å²) in [6.45, 7) is 1.38. The highest BCUT2D eigenvalue weighted by Crippen LogP contribution is 2.19. The van der Waals surface area contributed by atoms with Crippen LogP contribution in [0.5, 0.6) is 0 Å². The number of amides is 1. The molecule has 3 rings (SSSR count). The van der Waals surface area contributed by atoms with Crippen LogP contribution < -0.4 is 11.3 Å². The summed E-state index contributed by atoms with van der Waals surface area (Å²) in [5.74, 6) is -0.226. The molecule has 5 heteroatoms. The highest BCUT2D eigenvalue weighted by Gasteiger charge is 2.21. The molecule has 1 heterocycles. The lowest BCUT2D eigenvalue weighted by molar-refractivity contribution is 0.0760. The van der Waals surface area contributed by atoms with Crippen molar-refractivity contribution in [1.82, 2.24) is 9.88 Å². The number of rotatable bonds is 6. The molecule has 1 amide bonds. The number of aryl methyl sites for hydroxylation is 2. The number of benzene rings is 1. The zero-order valence-electron chi connectivity index (χ0n) is 14.5. The van der Waals surface area contributed by atoms with Crippen LogP contribution >= 0.6 is 0 Å². The van der Waals surface area contributed by atoms with Gasteiger partial charge in [-0.2, -0.15) is 0 Å². The first kappa shape index (κ1) is 17.4. The Balaban J connectivity index is 1.79. The van der Waals surface area contributed by atoms with Gasteiger partial charge in [-0.3, -0.25) is 9.59 Å². The van der Waals surface area contributed by atoms with Crippen LogP contribution in [0.15, 0.2) is 41.2 Å². The second-order valence-electron chi connectivity index (χ2n) is 6.54. The van der Waals surface area contributed by atoms with E-state index < -0.39 is 0 Å². The molecule has 1 aromatic carbocycles. The number of H-pyrrole nitrogens is 1. The van der Waals surface area contributed by atoms with Crippen LogP contribution in [-0.2, 0) is 19.3 Å². The minimum Gasteiger partial charge on any atom is -0.337 e. The van der Waals surface area contributed by atoms with Crippen LogP contribution in [0.25, 0.3) is 0 Å². The number of hydrogen-bond acceptors (Lipinski definition) is 3. The minimum atomic E-state index is -0.285. The summed E-state index contributed by atoms with van der Waals surface area (Å²) in [6, 6.07) is 11.8. The molecule has 3 N–H and O–H groups in total. The first-order valence-corrected chi connectivity index (χ1v) is 8.97. The maximum absolute atomic E-state index is 12.9. The summed E-state index contributed by atoms with van der Waals surface area (Å²) in [5.41, 5.74) is 8.89. The molecule has 0 unspecified atom stereocenters. The molecule has 132 valence electrons. The normalized spacial score (nSPS) is 13.3. The van der Waals surface area contributed by atoms with E-state index >= 15 is 0 Å². The summed E-state index contributed by atoms with van der Waals surface area (Å²) in [6.07, 6.45) is 4.75. The van der Waals surface area contributed by atoms with E-state index in [9.17, 15) is 9.59 Å². The smallest absolute Gasteiger partial charge is 0.261 e. The van der Waals surface area contributed by atoms with E-state index in [2.05, 4.69) is 4.98 Å². The second-order valence-corrected chi connectivity index (χ2v) is 6.54. The van der Waals surface area contributed by atoms with E-state index in [1.807, 2.05) is 30.3 Å². The van der Waals surface area contributed by atoms with Crippen LogP contribution in [0.3, 0.4) is 0 Å². The first-order chi connectivity index (χ1) is 12.2. The molecule has 1 aliphatic carbocycles. The van der Waals surface area contributed by atoms with Crippen LogP contribution in [0.4, 0.5) is 0 Å². The molecule has 0 radical (unpaired) electrons. The van der Waals surface area contributed by atoms with E-state index in [0.717, 1.165) is 48.9 Å². The SMILES string of the molecule is NCCN(CCc1ccccc1)C(=O)c1cc2c([nH]c1=O)CCCC2. The summed E-state index contributed by atoms with van der Waals surface area (Å²) >= 11 is 0. The highest BCUT2D eigenvalue weighted by atomic mass is 16.2. The molecular formula is C20H25N3O2. The van der Waals surface area contributed by atoms with E-state index in [1.165, 1.54) is 0 Å². The van der Waals surface area contributed by atoms with Gasteiger partial charge in [0, 0.05) is 25.3 Å². The Kier molecular flexibility index (Phi) is 5.66. The Labute approximate surface area is 147 Å². The molecule has 0 saturated heterocycles. The van der Waals surface area contributed by atoms with Gasteiger partial charge < -0.3 is 15.6 Å². The van der Waals surface area contributed by atoms with Crippen LogP contribution in [-0.4, -0.2) is 35.4 Å². The van der Waals surface area contributed by atoms with Gasteiger partial charge in [-0.05, 0) is 49.3 Å². The summed E-state index contributed by atoms with van der Waals surface area (Å²) in [4.78, 5) is 29.9. The third-order valence-electron chi connectivity index (χ3n) is 4.77. The fourth-order valence-corrected chi connectivity index (χ4v) is 3.38.